The third-order valence-corrected chi connectivity index (χ3v) is 4.26. The lowest BCUT2D eigenvalue weighted by atomic mass is 9.85. The van der Waals surface area contributed by atoms with Crippen molar-refractivity contribution in [1.82, 2.24) is 0 Å². The highest BCUT2D eigenvalue weighted by Crippen LogP contribution is 2.42. The van der Waals surface area contributed by atoms with E-state index < -0.39 is 0 Å². The summed E-state index contributed by atoms with van der Waals surface area (Å²) in [6, 6.07) is 25.2. The van der Waals surface area contributed by atoms with Gasteiger partial charge < -0.3 is 4.43 Å². The van der Waals surface area contributed by atoms with Gasteiger partial charge in [-0.15, -0.1) is 0 Å². The number of benzene rings is 3. The molecule has 0 saturated carbocycles. The molecule has 3 aromatic rings. The van der Waals surface area contributed by atoms with Gasteiger partial charge in [0.05, 0.1) is 0 Å². The molecule has 0 N–H and O–H groups in total. The van der Waals surface area contributed by atoms with Crippen LogP contribution in [0, 0.1) is 0 Å². The van der Waals surface area contributed by atoms with E-state index >= 15 is 0 Å². The molecule has 0 saturated heterocycles. The van der Waals surface area contributed by atoms with Crippen molar-refractivity contribution in [2.24, 2.45) is 0 Å². The van der Waals surface area contributed by atoms with Gasteiger partial charge >= 0.3 is 10.5 Å². The minimum Gasteiger partial charge on any atom is -0.540 e. The van der Waals surface area contributed by atoms with Crippen molar-refractivity contribution >= 4 is 10.5 Å². The van der Waals surface area contributed by atoms with E-state index in [4.69, 9.17) is 4.43 Å². The monoisotopic (exact) mass is 315 g/mol. The molecule has 0 spiro atoms. The summed E-state index contributed by atoms with van der Waals surface area (Å²) in [6.45, 7) is 4.40. The van der Waals surface area contributed by atoms with E-state index in [2.05, 4.69) is 78.9 Å². The number of hydrogen-bond donors (Lipinski definition) is 0. The van der Waals surface area contributed by atoms with Crippen LogP contribution in [0.5, 0.6) is 5.75 Å². The zero-order valence-corrected chi connectivity index (χ0v) is 14.4. The minimum atomic E-state index is 0.347. The molecule has 0 aliphatic heterocycles. The summed E-state index contributed by atoms with van der Waals surface area (Å²) < 4.78 is 5.47. The summed E-state index contributed by atoms with van der Waals surface area (Å²) in [5, 5.41) is 0. The Labute approximate surface area is 141 Å². The van der Waals surface area contributed by atoms with Gasteiger partial charge in [0.15, 0.2) is 0 Å². The van der Waals surface area contributed by atoms with Gasteiger partial charge in [-0.05, 0) is 34.2 Å². The van der Waals surface area contributed by atoms with Crippen LogP contribution in [0.1, 0.15) is 25.3 Å². The van der Waals surface area contributed by atoms with E-state index in [0.717, 1.165) is 5.75 Å². The number of rotatable bonds is 4. The Hall–Kier alpha value is -2.32. The Morgan fingerprint density at radius 2 is 1.30 bits per heavy atom. The maximum absolute atomic E-state index is 5.47. The second-order valence-corrected chi connectivity index (χ2v) is 6.09. The molecule has 113 valence electrons. The average Bonchev–Trinajstić information content (AvgIpc) is 2.61. The van der Waals surface area contributed by atoms with E-state index in [-0.39, 0.29) is 0 Å². The molecule has 0 heterocycles. The predicted octanol–water partition coefficient (Wildman–Crippen LogP) is 5.61. The van der Waals surface area contributed by atoms with Crippen LogP contribution in [0.2, 0.25) is 0 Å². The molecule has 3 aromatic carbocycles. The van der Waals surface area contributed by atoms with Crippen molar-refractivity contribution in [3.05, 3.63) is 78.4 Å². The minimum absolute atomic E-state index is 0.347. The molecule has 0 unspecified atom stereocenters. The molecule has 0 amide bonds. The molecule has 3 rings (SSSR count). The van der Waals surface area contributed by atoms with Gasteiger partial charge in [-0.2, -0.15) is 0 Å². The van der Waals surface area contributed by atoms with E-state index in [0.29, 0.717) is 5.92 Å². The Morgan fingerprint density at radius 3 is 1.83 bits per heavy atom. The first-order valence-electron chi connectivity index (χ1n) is 7.83. The molecule has 0 atom stereocenters. The average molecular weight is 315 g/mol. The predicted molar refractivity (Wildman–Crippen MR) is 97.8 cm³/mol. The highest BCUT2D eigenvalue weighted by atomic mass is 28.2. The van der Waals surface area contributed by atoms with E-state index in [1.54, 1.807) is 0 Å². The van der Waals surface area contributed by atoms with Crippen molar-refractivity contribution in [2.75, 3.05) is 0 Å². The van der Waals surface area contributed by atoms with Gasteiger partial charge in [0, 0.05) is 5.56 Å². The molecule has 0 aromatic heterocycles. The first-order chi connectivity index (χ1) is 11.2. The van der Waals surface area contributed by atoms with Gasteiger partial charge in [0.1, 0.15) is 5.75 Å². The SMILES string of the molecule is CC(C)c1c(O[Si])ccc(-c2ccccc2)c1-c1ccccc1. The lowest BCUT2D eigenvalue weighted by molar-refractivity contribution is 0.598. The molecule has 0 fully saturated rings. The lowest BCUT2D eigenvalue weighted by Gasteiger charge is -2.21. The first-order valence-corrected chi connectivity index (χ1v) is 8.24. The lowest BCUT2D eigenvalue weighted by Crippen LogP contribution is -2.00. The van der Waals surface area contributed by atoms with Crippen LogP contribution in [-0.4, -0.2) is 10.5 Å². The normalized spacial score (nSPS) is 10.8. The van der Waals surface area contributed by atoms with Crippen LogP contribution in [0.25, 0.3) is 22.3 Å². The molecule has 0 aliphatic rings. The van der Waals surface area contributed by atoms with Crippen molar-refractivity contribution in [3.63, 3.8) is 0 Å². The maximum atomic E-state index is 5.47. The summed E-state index contributed by atoms with van der Waals surface area (Å²) in [5.41, 5.74) is 6.11. The fourth-order valence-electron chi connectivity index (χ4n) is 3.04. The topological polar surface area (TPSA) is 9.23 Å². The fourth-order valence-corrected chi connectivity index (χ4v) is 3.21. The summed E-state index contributed by atoms with van der Waals surface area (Å²) in [5.74, 6) is 1.22. The molecule has 2 heteroatoms. The third kappa shape index (κ3) is 3.08. The van der Waals surface area contributed by atoms with Crippen LogP contribution < -0.4 is 4.43 Å². The molecular weight excluding hydrogens is 296 g/mol. The molecule has 23 heavy (non-hydrogen) atoms. The van der Waals surface area contributed by atoms with Gasteiger partial charge in [-0.1, -0.05) is 80.6 Å². The fraction of sp³-hybridized carbons (Fsp3) is 0.143. The zero-order chi connectivity index (χ0) is 16.2. The quantitative estimate of drug-likeness (QED) is 0.569. The second-order valence-electron chi connectivity index (χ2n) is 5.89. The van der Waals surface area contributed by atoms with E-state index in [1.807, 2.05) is 18.2 Å². The highest BCUT2D eigenvalue weighted by molar-refractivity contribution is 6.00. The third-order valence-electron chi connectivity index (χ3n) is 4.04. The van der Waals surface area contributed by atoms with Gasteiger partial charge in [0.25, 0.3) is 0 Å². The van der Waals surface area contributed by atoms with Crippen molar-refractivity contribution < 1.29 is 4.43 Å². The smallest absolute Gasteiger partial charge is 0.341 e. The molecular formula is C21H19OSi. The summed E-state index contributed by atoms with van der Waals surface area (Å²) in [7, 11) is 3.22. The standard InChI is InChI=1S/C21H19OSi/c1-15(2)20-19(22-23)14-13-18(16-9-5-3-6-10-16)21(20)17-11-7-4-8-12-17/h3-15H,1-2H3. The maximum Gasteiger partial charge on any atom is 0.341 e. The summed E-state index contributed by atoms with van der Waals surface area (Å²) in [6.07, 6.45) is 0. The van der Waals surface area contributed by atoms with Crippen molar-refractivity contribution in [3.8, 4) is 28.0 Å². The summed E-state index contributed by atoms with van der Waals surface area (Å²) >= 11 is 0. The number of hydrogen-bond acceptors (Lipinski definition) is 1. The molecule has 3 radical (unpaired) electrons. The van der Waals surface area contributed by atoms with Crippen LogP contribution >= 0.6 is 0 Å². The largest absolute Gasteiger partial charge is 0.540 e. The van der Waals surface area contributed by atoms with E-state index in [1.165, 1.54) is 27.8 Å². The van der Waals surface area contributed by atoms with Gasteiger partial charge in [-0.3, -0.25) is 0 Å². The molecule has 0 aliphatic carbocycles. The highest BCUT2D eigenvalue weighted by Gasteiger charge is 2.18. The van der Waals surface area contributed by atoms with Crippen LogP contribution in [0.4, 0.5) is 0 Å². The second kappa shape index (κ2) is 6.84. The zero-order valence-electron chi connectivity index (χ0n) is 13.4. The van der Waals surface area contributed by atoms with Gasteiger partial charge in [-0.25, -0.2) is 0 Å². The first kappa shape index (κ1) is 15.6. The molecule has 0 bridgehead atoms. The van der Waals surface area contributed by atoms with Crippen LogP contribution in [0.3, 0.4) is 0 Å². The van der Waals surface area contributed by atoms with Crippen LogP contribution in [0.15, 0.2) is 72.8 Å². The van der Waals surface area contributed by atoms with Crippen molar-refractivity contribution in [2.45, 2.75) is 19.8 Å². The Kier molecular flexibility index (Phi) is 4.63. The van der Waals surface area contributed by atoms with Crippen LogP contribution in [-0.2, 0) is 0 Å². The van der Waals surface area contributed by atoms with Crippen molar-refractivity contribution in [1.29, 1.82) is 0 Å². The Bertz CT molecular complexity index is 780. The van der Waals surface area contributed by atoms with E-state index in [9.17, 15) is 0 Å². The Morgan fingerprint density at radius 1 is 0.739 bits per heavy atom. The summed E-state index contributed by atoms with van der Waals surface area (Å²) in [4.78, 5) is 0. The Balaban J connectivity index is 2.35. The molecule has 1 nitrogen and oxygen atoms in total. The van der Waals surface area contributed by atoms with Gasteiger partial charge in [0.2, 0.25) is 0 Å².